The lowest BCUT2D eigenvalue weighted by molar-refractivity contribution is 0.0942. The molecule has 0 spiro atoms. The molecule has 0 heterocycles. The van der Waals surface area contributed by atoms with Crippen LogP contribution in [0.2, 0.25) is 0 Å². The Kier molecular flexibility index (Phi) is 4.91. The second kappa shape index (κ2) is 6.87. The standard InChI is InChI=1S/C17H20N2O/c1-19(2)16(14-9-5-3-6-10-14)13-18-17(20)15-11-7-4-8-12-15/h3-12,16H,13H2,1-2H3,(H,18,20)/t16-/m1/s1. The van der Waals surface area contributed by atoms with Crippen molar-refractivity contribution in [2.24, 2.45) is 0 Å². The first kappa shape index (κ1) is 14.3. The zero-order valence-electron chi connectivity index (χ0n) is 11.9. The van der Waals surface area contributed by atoms with Gasteiger partial charge in [0.25, 0.3) is 5.91 Å². The number of likely N-dealkylation sites (N-methyl/N-ethyl adjacent to an activating group) is 1. The molecule has 0 aromatic heterocycles. The van der Waals surface area contributed by atoms with Crippen LogP contribution in [0.1, 0.15) is 22.0 Å². The molecular weight excluding hydrogens is 248 g/mol. The Morgan fingerprint density at radius 2 is 1.55 bits per heavy atom. The normalized spacial score (nSPS) is 12.2. The van der Waals surface area contributed by atoms with Gasteiger partial charge in [-0.3, -0.25) is 4.79 Å². The molecule has 0 aliphatic rings. The van der Waals surface area contributed by atoms with Crippen LogP contribution < -0.4 is 5.32 Å². The molecule has 1 N–H and O–H groups in total. The van der Waals surface area contributed by atoms with E-state index in [4.69, 9.17) is 0 Å². The van der Waals surface area contributed by atoms with Gasteiger partial charge >= 0.3 is 0 Å². The van der Waals surface area contributed by atoms with Crippen molar-refractivity contribution in [2.45, 2.75) is 6.04 Å². The van der Waals surface area contributed by atoms with Crippen molar-refractivity contribution in [3.05, 3.63) is 71.8 Å². The molecule has 0 aliphatic carbocycles. The molecule has 3 heteroatoms. The number of rotatable bonds is 5. The summed E-state index contributed by atoms with van der Waals surface area (Å²) >= 11 is 0. The summed E-state index contributed by atoms with van der Waals surface area (Å²) in [5, 5.41) is 3.00. The van der Waals surface area contributed by atoms with Crippen molar-refractivity contribution in [1.82, 2.24) is 10.2 Å². The number of carbonyl (C=O) groups is 1. The molecule has 2 aromatic carbocycles. The molecule has 3 nitrogen and oxygen atoms in total. The van der Waals surface area contributed by atoms with E-state index in [2.05, 4.69) is 22.3 Å². The topological polar surface area (TPSA) is 32.3 Å². The zero-order chi connectivity index (χ0) is 14.4. The Balaban J connectivity index is 2.02. The highest BCUT2D eigenvalue weighted by Gasteiger charge is 2.15. The number of hydrogen-bond donors (Lipinski definition) is 1. The highest BCUT2D eigenvalue weighted by Crippen LogP contribution is 2.16. The molecule has 20 heavy (non-hydrogen) atoms. The van der Waals surface area contributed by atoms with E-state index in [1.807, 2.05) is 62.6 Å². The fourth-order valence-electron chi connectivity index (χ4n) is 2.15. The summed E-state index contributed by atoms with van der Waals surface area (Å²) in [6.45, 7) is 0.588. The van der Waals surface area contributed by atoms with Gasteiger partial charge in [-0.15, -0.1) is 0 Å². The minimum Gasteiger partial charge on any atom is -0.350 e. The fraction of sp³-hybridized carbons (Fsp3) is 0.235. The van der Waals surface area contributed by atoms with Gasteiger partial charge in [0.15, 0.2) is 0 Å². The van der Waals surface area contributed by atoms with E-state index < -0.39 is 0 Å². The highest BCUT2D eigenvalue weighted by atomic mass is 16.1. The summed E-state index contributed by atoms with van der Waals surface area (Å²) < 4.78 is 0. The summed E-state index contributed by atoms with van der Waals surface area (Å²) in [6.07, 6.45) is 0. The van der Waals surface area contributed by atoms with Gasteiger partial charge in [-0.2, -0.15) is 0 Å². The lowest BCUT2D eigenvalue weighted by Gasteiger charge is -2.25. The Labute approximate surface area is 120 Å². The third-order valence-corrected chi connectivity index (χ3v) is 3.30. The lowest BCUT2D eigenvalue weighted by atomic mass is 10.1. The van der Waals surface area contributed by atoms with Crippen LogP contribution in [0.15, 0.2) is 60.7 Å². The summed E-state index contributed by atoms with van der Waals surface area (Å²) in [5.74, 6) is -0.0339. The number of hydrogen-bond acceptors (Lipinski definition) is 2. The number of benzene rings is 2. The third kappa shape index (κ3) is 3.68. The molecule has 104 valence electrons. The van der Waals surface area contributed by atoms with E-state index in [-0.39, 0.29) is 11.9 Å². The van der Waals surface area contributed by atoms with E-state index in [1.165, 1.54) is 5.56 Å². The molecule has 0 fully saturated rings. The quantitative estimate of drug-likeness (QED) is 0.904. The van der Waals surface area contributed by atoms with Gasteiger partial charge in [0.1, 0.15) is 0 Å². The highest BCUT2D eigenvalue weighted by molar-refractivity contribution is 5.94. The first-order valence-corrected chi connectivity index (χ1v) is 6.73. The first-order valence-electron chi connectivity index (χ1n) is 6.73. The van der Waals surface area contributed by atoms with Gasteiger partial charge in [-0.1, -0.05) is 48.5 Å². The van der Waals surface area contributed by atoms with Crippen LogP contribution in [0, 0.1) is 0 Å². The average molecular weight is 268 g/mol. The van der Waals surface area contributed by atoms with Crippen LogP contribution in [0.4, 0.5) is 0 Å². The number of nitrogens with zero attached hydrogens (tertiary/aromatic N) is 1. The monoisotopic (exact) mass is 268 g/mol. The van der Waals surface area contributed by atoms with Gasteiger partial charge in [0, 0.05) is 12.1 Å². The van der Waals surface area contributed by atoms with Gasteiger partial charge in [-0.25, -0.2) is 0 Å². The molecule has 1 atom stereocenters. The van der Waals surface area contributed by atoms with Crippen LogP contribution >= 0.6 is 0 Å². The maximum atomic E-state index is 12.1. The van der Waals surface area contributed by atoms with Gasteiger partial charge < -0.3 is 10.2 Å². The van der Waals surface area contributed by atoms with E-state index in [1.54, 1.807) is 0 Å². The first-order chi connectivity index (χ1) is 9.68. The van der Waals surface area contributed by atoms with E-state index >= 15 is 0 Å². The lowest BCUT2D eigenvalue weighted by Crippen LogP contribution is -2.34. The number of nitrogens with one attached hydrogen (secondary N) is 1. The third-order valence-electron chi connectivity index (χ3n) is 3.30. The van der Waals surface area contributed by atoms with Crippen molar-refractivity contribution in [2.75, 3.05) is 20.6 Å². The van der Waals surface area contributed by atoms with E-state index in [0.29, 0.717) is 12.1 Å². The van der Waals surface area contributed by atoms with Gasteiger partial charge in [0.2, 0.25) is 0 Å². The minimum atomic E-state index is -0.0339. The predicted octanol–water partition coefficient (Wildman–Crippen LogP) is 2.72. The van der Waals surface area contributed by atoms with Crippen molar-refractivity contribution >= 4 is 5.91 Å². The zero-order valence-corrected chi connectivity index (χ0v) is 11.9. The second-order valence-electron chi connectivity index (χ2n) is 4.97. The molecular formula is C17H20N2O. The minimum absolute atomic E-state index is 0.0339. The van der Waals surface area contributed by atoms with E-state index in [0.717, 1.165) is 0 Å². The molecule has 0 radical (unpaired) electrons. The maximum absolute atomic E-state index is 12.1. The SMILES string of the molecule is CN(C)[C@H](CNC(=O)c1ccccc1)c1ccccc1. The molecule has 0 saturated carbocycles. The smallest absolute Gasteiger partial charge is 0.251 e. The Bertz CT molecular complexity index is 537. The molecule has 0 aliphatic heterocycles. The average Bonchev–Trinajstić information content (AvgIpc) is 2.49. The Morgan fingerprint density at radius 1 is 1.00 bits per heavy atom. The summed E-state index contributed by atoms with van der Waals surface area (Å²) in [4.78, 5) is 14.2. The molecule has 1 amide bonds. The van der Waals surface area contributed by atoms with Gasteiger partial charge in [0.05, 0.1) is 6.04 Å². The van der Waals surface area contributed by atoms with Crippen LogP contribution in [-0.2, 0) is 0 Å². The molecule has 0 bridgehead atoms. The van der Waals surface area contributed by atoms with Crippen LogP contribution in [0.3, 0.4) is 0 Å². The Morgan fingerprint density at radius 3 is 2.10 bits per heavy atom. The Hall–Kier alpha value is -2.13. The molecule has 2 rings (SSSR count). The predicted molar refractivity (Wildman–Crippen MR) is 81.6 cm³/mol. The van der Waals surface area contributed by atoms with Crippen LogP contribution in [0.25, 0.3) is 0 Å². The summed E-state index contributed by atoms with van der Waals surface area (Å²) in [5.41, 5.74) is 1.89. The van der Waals surface area contributed by atoms with Crippen LogP contribution in [-0.4, -0.2) is 31.4 Å². The summed E-state index contributed by atoms with van der Waals surface area (Å²) in [6, 6.07) is 19.7. The number of carbonyl (C=O) groups excluding carboxylic acids is 1. The molecule has 0 saturated heterocycles. The van der Waals surface area contributed by atoms with Crippen molar-refractivity contribution in [1.29, 1.82) is 0 Å². The van der Waals surface area contributed by atoms with Crippen LogP contribution in [0.5, 0.6) is 0 Å². The maximum Gasteiger partial charge on any atom is 0.251 e. The largest absolute Gasteiger partial charge is 0.350 e. The van der Waals surface area contributed by atoms with Crippen molar-refractivity contribution in [3.63, 3.8) is 0 Å². The second-order valence-corrected chi connectivity index (χ2v) is 4.97. The summed E-state index contributed by atoms with van der Waals surface area (Å²) in [7, 11) is 4.04. The van der Waals surface area contributed by atoms with Crippen molar-refractivity contribution < 1.29 is 4.79 Å². The van der Waals surface area contributed by atoms with E-state index in [9.17, 15) is 4.79 Å². The van der Waals surface area contributed by atoms with Crippen molar-refractivity contribution in [3.8, 4) is 0 Å². The molecule has 0 unspecified atom stereocenters. The van der Waals surface area contributed by atoms with Gasteiger partial charge in [-0.05, 0) is 31.8 Å². The molecule has 2 aromatic rings. The number of amides is 1. The fourth-order valence-corrected chi connectivity index (χ4v) is 2.15.